The molecule has 4 nitrogen and oxygen atoms in total. The lowest BCUT2D eigenvalue weighted by atomic mass is 9.98. The van der Waals surface area contributed by atoms with Gasteiger partial charge < -0.3 is 5.32 Å². The average molecular weight is 184 g/mol. The third-order valence-corrected chi connectivity index (χ3v) is 3.15. The second-order valence-corrected chi connectivity index (χ2v) is 3.88. The minimum atomic E-state index is 0.518. The molecule has 1 aliphatic rings. The van der Waals surface area contributed by atoms with E-state index in [1.165, 1.54) is 12.8 Å². The summed E-state index contributed by atoms with van der Waals surface area (Å²) < 4.78 is 0. The molecular formula is C9H20N4. The molecule has 0 aliphatic heterocycles. The molecule has 0 radical (unpaired) electrons. The minimum absolute atomic E-state index is 0.518. The number of hydrazine groups is 1. The number of aliphatic imine (C=N–C) groups is 1. The number of nitrogens with two attached hydrogens (primary N) is 1. The van der Waals surface area contributed by atoms with Crippen LogP contribution in [-0.2, 0) is 0 Å². The molecule has 76 valence electrons. The van der Waals surface area contributed by atoms with Gasteiger partial charge in [-0.05, 0) is 24.7 Å². The van der Waals surface area contributed by atoms with E-state index in [2.05, 4.69) is 29.6 Å². The van der Waals surface area contributed by atoms with Gasteiger partial charge in [0.05, 0.1) is 0 Å². The Morgan fingerprint density at radius 2 is 2.08 bits per heavy atom. The number of nitrogens with one attached hydrogen (secondary N) is 2. The fourth-order valence-electron chi connectivity index (χ4n) is 1.91. The molecule has 0 bridgehead atoms. The molecule has 4 heteroatoms. The molecule has 1 aliphatic carbocycles. The van der Waals surface area contributed by atoms with Crippen molar-refractivity contribution in [3.05, 3.63) is 0 Å². The Kier molecular flexibility index (Phi) is 3.54. The smallest absolute Gasteiger partial charge is 0.205 e. The Bertz CT molecular complexity index is 190. The largest absolute Gasteiger partial charge is 0.352 e. The number of nitrogens with zero attached hydrogens (tertiary/aromatic N) is 1. The monoisotopic (exact) mass is 184 g/mol. The normalized spacial score (nSPS) is 34.8. The van der Waals surface area contributed by atoms with E-state index in [0.717, 1.165) is 5.92 Å². The third-order valence-electron chi connectivity index (χ3n) is 3.15. The van der Waals surface area contributed by atoms with Crippen molar-refractivity contribution in [2.24, 2.45) is 22.7 Å². The summed E-state index contributed by atoms with van der Waals surface area (Å²) in [5.74, 6) is 7.48. The topological polar surface area (TPSA) is 62.4 Å². The van der Waals surface area contributed by atoms with E-state index >= 15 is 0 Å². The first kappa shape index (κ1) is 10.3. The summed E-state index contributed by atoms with van der Waals surface area (Å²) in [6, 6.07) is 0.518. The summed E-state index contributed by atoms with van der Waals surface area (Å²) in [5.41, 5.74) is 2.55. The van der Waals surface area contributed by atoms with Gasteiger partial charge in [-0.25, -0.2) is 5.84 Å². The lowest BCUT2D eigenvalue weighted by molar-refractivity contribution is 0.400. The summed E-state index contributed by atoms with van der Waals surface area (Å²) >= 11 is 0. The Morgan fingerprint density at radius 1 is 1.38 bits per heavy atom. The predicted molar refractivity (Wildman–Crippen MR) is 55.2 cm³/mol. The van der Waals surface area contributed by atoms with Crippen LogP contribution in [-0.4, -0.2) is 19.0 Å². The van der Waals surface area contributed by atoms with Gasteiger partial charge in [-0.3, -0.25) is 10.4 Å². The van der Waals surface area contributed by atoms with Gasteiger partial charge in [0.15, 0.2) is 0 Å². The van der Waals surface area contributed by atoms with Gasteiger partial charge in [-0.15, -0.1) is 0 Å². The van der Waals surface area contributed by atoms with Crippen molar-refractivity contribution in [3.8, 4) is 0 Å². The maximum absolute atomic E-state index is 5.30. The molecule has 0 heterocycles. The highest BCUT2D eigenvalue weighted by Gasteiger charge is 2.29. The van der Waals surface area contributed by atoms with Gasteiger partial charge in [0.1, 0.15) is 0 Å². The van der Waals surface area contributed by atoms with Crippen LogP contribution in [0.2, 0.25) is 0 Å². The molecule has 0 spiro atoms. The van der Waals surface area contributed by atoms with Crippen LogP contribution in [0.4, 0.5) is 0 Å². The zero-order valence-corrected chi connectivity index (χ0v) is 8.67. The van der Waals surface area contributed by atoms with Crippen molar-refractivity contribution < 1.29 is 0 Å². The lowest BCUT2D eigenvalue weighted by Crippen LogP contribution is -2.47. The van der Waals surface area contributed by atoms with Crippen LogP contribution in [0.25, 0.3) is 0 Å². The molecule has 3 unspecified atom stereocenters. The summed E-state index contributed by atoms with van der Waals surface area (Å²) in [4.78, 5) is 4.00. The molecule has 0 aromatic rings. The highest BCUT2D eigenvalue weighted by molar-refractivity contribution is 5.79. The first-order valence-electron chi connectivity index (χ1n) is 4.89. The summed E-state index contributed by atoms with van der Waals surface area (Å²) in [5, 5.41) is 3.31. The molecule has 13 heavy (non-hydrogen) atoms. The third kappa shape index (κ3) is 2.34. The Hall–Kier alpha value is -0.770. The zero-order valence-electron chi connectivity index (χ0n) is 8.67. The lowest BCUT2D eigenvalue weighted by Gasteiger charge is -2.21. The summed E-state index contributed by atoms with van der Waals surface area (Å²) in [6.07, 6.45) is 2.50. The Morgan fingerprint density at radius 3 is 2.46 bits per heavy atom. The summed E-state index contributed by atoms with van der Waals surface area (Å²) in [7, 11) is 1.73. The second-order valence-electron chi connectivity index (χ2n) is 3.88. The van der Waals surface area contributed by atoms with Crippen molar-refractivity contribution in [3.63, 3.8) is 0 Å². The van der Waals surface area contributed by atoms with E-state index in [0.29, 0.717) is 17.9 Å². The Balaban J connectivity index is 2.46. The highest BCUT2D eigenvalue weighted by Crippen LogP contribution is 2.30. The molecule has 0 aromatic carbocycles. The van der Waals surface area contributed by atoms with Crippen LogP contribution in [0.15, 0.2) is 4.99 Å². The number of hydrogen-bond donors (Lipinski definition) is 3. The van der Waals surface area contributed by atoms with Crippen LogP contribution < -0.4 is 16.6 Å². The van der Waals surface area contributed by atoms with Crippen LogP contribution in [0, 0.1) is 11.8 Å². The maximum Gasteiger partial charge on any atom is 0.205 e. The molecule has 0 saturated heterocycles. The summed E-state index contributed by atoms with van der Waals surface area (Å²) in [6.45, 7) is 4.57. The van der Waals surface area contributed by atoms with Crippen molar-refractivity contribution in [2.45, 2.75) is 32.7 Å². The first-order chi connectivity index (χ1) is 6.19. The van der Waals surface area contributed by atoms with Gasteiger partial charge in [0.2, 0.25) is 5.96 Å². The fraction of sp³-hybridized carbons (Fsp3) is 0.889. The van der Waals surface area contributed by atoms with Crippen LogP contribution in [0.3, 0.4) is 0 Å². The molecule has 0 amide bonds. The fourth-order valence-corrected chi connectivity index (χ4v) is 1.91. The van der Waals surface area contributed by atoms with E-state index < -0.39 is 0 Å². The SMILES string of the molecule is CN=C(NN)NC1CCC(C)C1C. The van der Waals surface area contributed by atoms with Gasteiger partial charge >= 0.3 is 0 Å². The van der Waals surface area contributed by atoms with Crippen molar-refractivity contribution >= 4 is 5.96 Å². The van der Waals surface area contributed by atoms with Gasteiger partial charge in [-0.2, -0.15) is 0 Å². The van der Waals surface area contributed by atoms with Gasteiger partial charge in [0.25, 0.3) is 0 Å². The maximum atomic E-state index is 5.30. The molecule has 1 rings (SSSR count). The van der Waals surface area contributed by atoms with Crippen LogP contribution in [0.5, 0.6) is 0 Å². The highest BCUT2D eigenvalue weighted by atomic mass is 15.3. The van der Waals surface area contributed by atoms with Gasteiger partial charge in [0, 0.05) is 13.1 Å². The molecule has 3 atom stereocenters. The number of rotatable bonds is 1. The molecular weight excluding hydrogens is 164 g/mol. The van der Waals surface area contributed by atoms with E-state index in [1.807, 2.05) is 0 Å². The van der Waals surface area contributed by atoms with E-state index in [4.69, 9.17) is 5.84 Å². The van der Waals surface area contributed by atoms with Crippen molar-refractivity contribution in [2.75, 3.05) is 7.05 Å². The van der Waals surface area contributed by atoms with E-state index in [1.54, 1.807) is 7.05 Å². The molecule has 0 aromatic heterocycles. The number of guanidine groups is 1. The van der Waals surface area contributed by atoms with Crippen LogP contribution in [0.1, 0.15) is 26.7 Å². The van der Waals surface area contributed by atoms with Crippen LogP contribution >= 0.6 is 0 Å². The van der Waals surface area contributed by atoms with Gasteiger partial charge in [-0.1, -0.05) is 13.8 Å². The molecule has 4 N–H and O–H groups in total. The molecule has 1 fully saturated rings. The number of hydrogen-bond acceptors (Lipinski definition) is 2. The zero-order chi connectivity index (χ0) is 9.84. The minimum Gasteiger partial charge on any atom is -0.352 e. The predicted octanol–water partition coefficient (Wildman–Crippen LogP) is 0.460. The Labute approximate surface area is 80.0 Å². The van der Waals surface area contributed by atoms with E-state index in [9.17, 15) is 0 Å². The second kappa shape index (κ2) is 4.46. The molecule has 1 saturated carbocycles. The first-order valence-corrected chi connectivity index (χ1v) is 4.89. The quantitative estimate of drug-likeness (QED) is 0.240. The average Bonchev–Trinajstić information content (AvgIpc) is 2.45. The van der Waals surface area contributed by atoms with Crippen molar-refractivity contribution in [1.29, 1.82) is 0 Å². The van der Waals surface area contributed by atoms with Crippen molar-refractivity contribution in [1.82, 2.24) is 10.7 Å². The van der Waals surface area contributed by atoms with E-state index in [-0.39, 0.29) is 0 Å². The standard InChI is InChI=1S/C9H20N4/c1-6-4-5-8(7(6)2)12-9(11-3)13-10/h6-8H,4-5,10H2,1-3H3,(H2,11,12,13).